The summed E-state index contributed by atoms with van der Waals surface area (Å²) in [5.74, 6) is 1.83. The van der Waals surface area contributed by atoms with Crippen molar-refractivity contribution < 1.29 is 4.42 Å². The number of furan rings is 1. The van der Waals surface area contributed by atoms with Gasteiger partial charge in [0.05, 0.1) is 22.3 Å². The molecule has 0 aliphatic carbocycles. The molecule has 0 unspecified atom stereocenters. The van der Waals surface area contributed by atoms with Crippen LogP contribution in [0.5, 0.6) is 0 Å². The molecular formula is C55H30N4OS2. The van der Waals surface area contributed by atoms with E-state index in [1.165, 1.54) is 51.1 Å². The van der Waals surface area contributed by atoms with Gasteiger partial charge in [-0.05, 0) is 71.4 Å². The van der Waals surface area contributed by atoms with Crippen molar-refractivity contribution in [1.82, 2.24) is 19.5 Å². The van der Waals surface area contributed by atoms with E-state index < -0.39 is 0 Å². The lowest BCUT2D eigenvalue weighted by atomic mass is 10.0. The summed E-state index contributed by atoms with van der Waals surface area (Å²) < 4.78 is 13.9. The molecule has 5 heterocycles. The number of nitrogens with zero attached hydrogens (tertiary/aromatic N) is 4. The van der Waals surface area contributed by atoms with Crippen LogP contribution in [0.2, 0.25) is 0 Å². The number of fused-ring (bicyclic) bond motifs is 13. The molecule has 0 amide bonds. The fourth-order valence-electron chi connectivity index (χ4n) is 9.78. The lowest BCUT2D eigenvalue weighted by Gasteiger charge is -2.16. The van der Waals surface area contributed by atoms with Gasteiger partial charge in [-0.15, -0.1) is 22.7 Å². The second-order valence-corrected chi connectivity index (χ2v) is 18.0. The number of para-hydroxylation sites is 2. The molecule has 5 nitrogen and oxygen atoms in total. The predicted octanol–water partition coefficient (Wildman–Crippen LogP) is 15.8. The summed E-state index contributed by atoms with van der Waals surface area (Å²) in [6.07, 6.45) is 0. The van der Waals surface area contributed by atoms with Crippen LogP contribution in [-0.4, -0.2) is 19.5 Å². The van der Waals surface area contributed by atoms with Crippen molar-refractivity contribution in [2.24, 2.45) is 0 Å². The Labute approximate surface area is 361 Å². The monoisotopic (exact) mass is 826 g/mol. The lowest BCUT2D eigenvalue weighted by Crippen LogP contribution is -2.04. The van der Waals surface area contributed by atoms with Crippen LogP contribution in [0.1, 0.15) is 0 Å². The number of hydrogen-bond donors (Lipinski definition) is 0. The zero-order valence-electron chi connectivity index (χ0n) is 32.8. The molecule has 288 valence electrons. The SMILES string of the molecule is c1ccc2cc3c(cc2c1)c1ccccc1n3-c1ccc2oc3ccccc3c2c1-c1nc(-c2cccc3sc4ccccc4c23)nc(-c2cccc3sc4ccccc4c23)n1. The van der Waals surface area contributed by atoms with Gasteiger partial charge in [-0.2, -0.15) is 0 Å². The van der Waals surface area contributed by atoms with E-state index in [-0.39, 0.29) is 0 Å². The molecule has 9 aromatic carbocycles. The van der Waals surface area contributed by atoms with E-state index in [1.54, 1.807) is 22.7 Å². The van der Waals surface area contributed by atoms with E-state index in [0.717, 1.165) is 66.1 Å². The van der Waals surface area contributed by atoms with Crippen molar-refractivity contribution >= 4 is 118 Å². The molecule has 0 fully saturated rings. The number of aromatic nitrogens is 4. The standard InChI is InChI=1S/C55H30N4OS2/c1-2-14-32-30-42-39(29-31(32)13-1)33-15-3-7-21-40(33)59(42)41-27-28-44-51(34-16-4-8-22-43(34)60-44)52(41)55-57-53(37-19-11-25-47-49(37)35-17-5-9-23-45(35)61-47)56-54(58-55)38-20-12-26-48-50(38)36-18-6-10-24-46(36)62-48/h1-30H. The molecule has 14 aromatic rings. The van der Waals surface area contributed by atoms with Crippen LogP contribution in [0, 0.1) is 0 Å². The third-order valence-electron chi connectivity index (χ3n) is 12.4. The fourth-order valence-corrected chi connectivity index (χ4v) is 12.0. The van der Waals surface area contributed by atoms with E-state index in [0.29, 0.717) is 17.5 Å². The highest BCUT2D eigenvalue weighted by Gasteiger charge is 2.26. The maximum Gasteiger partial charge on any atom is 0.166 e. The van der Waals surface area contributed by atoms with Gasteiger partial charge < -0.3 is 8.98 Å². The topological polar surface area (TPSA) is 56.7 Å². The van der Waals surface area contributed by atoms with E-state index in [9.17, 15) is 0 Å². The highest BCUT2D eigenvalue weighted by atomic mass is 32.1. The molecule has 62 heavy (non-hydrogen) atoms. The summed E-state index contributed by atoms with van der Waals surface area (Å²) in [5, 5.41) is 11.4. The number of hydrogen-bond acceptors (Lipinski definition) is 6. The molecule has 0 N–H and O–H groups in total. The van der Waals surface area contributed by atoms with E-state index in [2.05, 4.69) is 174 Å². The Balaban J connectivity index is 1.16. The molecule has 0 aliphatic rings. The largest absolute Gasteiger partial charge is 0.456 e. The molecule has 0 atom stereocenters. The van der Waals surface area contributed by atoms with Gasteiger partial charge in [0.1, 0.15) is 11.2 Å². The second kappa shape index (κ2) is 12.9. The Morgan fingerprint density at radius 3 is 1.61 bits per heavy atom. The molecule has 0 saturated carbocycles. The molecule has 0 spiro atoms. The van der Waals surface area contributed by atoms with Crippen LogP contribution in [0.15, 0.2) is 186 Å². The van der Waals surface area contributed by atoms with Crippen molar-refractivity contribution in [2.45, 2.75) is 0 Å². The second-order valence-electron chi connectivity index (χ2n) is 15.9. The number of thiophene rings is 2. The summed E-state index contributed by atoms with van der Waals surface area (Å²) in [6.45, 7) is 0. The van der Waals surface area contributed by atoms with Crippen molar-refractivity contribution in [3.8, 4) is 39.9 Å². The van der Waals surface area contributed by atoms with Crippen LogP contribution in [0.25, 0.3) is 135 Å². The van der Waals surface area contributed by atoms with Crippen molar-refractivity contribution in [2.75, 3.05) is 0 Å². The first-order valence-corrected chi connectivity index (χ1v) is 22.3. The van der Waals surface area contributed by atoms with Crippen LogP contribution < -0.4 is 0 Å². The zero-order chi connectivity index (χ0) is 40.5. The van der Waals surface area contributed by atoms with Crippen molar-refractivity contribution in [3.63, 3.8) is 0 Å². The summed E-state index contributed by atoms with van der Waals surface area (Å²) >= 11 is 3.60. The van der Waals surface area contributed by atoms with Gasteiger partial charge in [0.15, 0.2) is 17.5 Å². The first-order chi connectivity index (χ1) is 30.7. The smallest absolute Gasteiger partial charge is 0.166 e. The Morgan fingerprint density at radius 1 is 0.371 bits per heavy atom. The highest BCUT2D eigenvalue weighted by Crippen LogP contribution is 2.46. The van der Waals surface area contributed by atoms with Gasteiger partial charge >= 0.3 is 0 Å². The third kappa shape index (κ3) is 4.86. The average molecular weight is 827 g/mol. The quantitative estimate of drug-likeness (QED) is 0.177. The van der Waals surface area contributed by atoms with E-state index in [4.69, 9.17) is 19.4 Å². The molecule has 0 bridgehead atoms. The Kier molecular flexibility index (Phi) is 7.08. The lowest BCUT2D eigenvalue weighted by molar-refractivity contribution is 0.669. The van der Waals surface area contributed by atoms with Crippen molar-refractivity contribution in [1.29, 1.82) is 0 Å². The predicted molar refractivity (Wildman–Crippen MR) is 261 cm³/mol. The minimum absolute atomic E-state index is 0.581. The Morgan fingerprint density at radius 2 is 0.919 bits per heavy atom. The molecule has 5 aromatic heterocycles. The first kappa shape index (κ1) is 34.0. The normalized spacial score (nSPS) is 12.2. The fraction of sp³-hybridized carbons (Fsp3) is 0. The average Bonchev–Trinajstić information content (AvgIpc) is 4.09. The van der Waals surface area contributed by atoms with Crippen molar-refractivity contribution in [3.05, 3.63) is 182 Å². The van der Waals surface area contributed by atoms with E-state index in [1.807, 2.05) is 12.1 Å². The minimum Gasteiger partial charge on any atom is -0.456 e. The minimum atomic E-state index is 0.581. The summed E-state index contributed by atoms with van der Waals surface area (Å²) in [4.78, 5) is 16.7. The highest BCUT2D eigenvalue weighted by molar-refractivity contribution is 7.26. The van der Waals surface area contributed by atoms with Crippen LogP contribution >= 0.6 is 22.7 Å². The van der Waals surface area contributed by atoms with Gasteiger partial charge in [0, 0.05) is 73.0 Å². The Bertz CT molecular complexity index is 4060. The summed E-state index contributed by atoms with van der Waals surface area (Å²) in [7, 11) is 0. The molecular weight excluding hydrogens is 797 g/mol. The van der Waals surface area contributed by atoms with Gasteiger partial charge in [-0.25, -0.2) is 15.0 Å². The van der Waals surface area contributed by atoms with Crippen LogP contribution in [0.4, 0.5) is 0 Å². The van der Waals surface area contributed by atoms with Gasteiger partial charge in [0.2, 0.25) is 0 Å². The first-order valence-electron chi connectivity index (χ1n) is 20.7. The Hall–Kier alpha value is -7.71. The van der Waals surface area contributed by atoms with Gasteiger partial charge in [-0.1, -0.05) is 121 Å². The summed E-state index contributed by atoms with van der Waals surface area (Å²) in [6, 6.07) is 64.8. The maximum atomic E-state index is 6.66. The van der Waals surface area contributed by atoms with E-state index >= 15 is 0 Å². The number of benzene rings is 9. The molecule has 14 rings (SSSR count). The zero-order valence-corrected chi connectivity index (χ0v) is 34.5. The number of rotatable bonds is 4. The van der Waals surface area contributed by atoms with Gasteiger partial charge in [0.25, 0.3) is 0 Å². The summed E-state index contributed by atoms with van der Waals surface area (Å²) in [5.41, 5.74) is 7.60. The van der Waals surface area contributed by atoms with Crippen LogP contribution in [-0.2, 0) is 0 Å². The molecule has 7 heteroatoms. The molecule has 0 aliphatic heterocycles. The molecule has 0 saturated heterocycles. The maximum absolute atomic E-state index is 6.66. The van der Waals surface area contributed by atoms with Gasteiger partial charge in [-0.3, -0.25) is 0 Å². The van der Waals surface area contributed by atoms with Crippen LogP contribution in [0.3, 0.4) is 0 Å². The third-order valence-corrected chi connectivity index (χ3v) is 14.7. The molecule has 0 radical (unpaired) electrons.